The van der Waals surface area contributed by atoms with Gasteiger partial charge in [-0.05, 0) is 19.1 Å². The van der Waals surface area contributed by atoms with Crippen LogP contribution in [-0.4, -0.2) is 22.6 Å². The van der Waals surface area contributed by atoms with Crippen LogP contribution in [0.2, 0.25) is 0 Å². The number of carbonyl (C=O) groups excluding carboxylic acids is 1. The Morgan fingerprint density at radius 2 is 2.37 bits per heavy atom. The highest BCUT2D eigenvalue weighted by atomic mass is 16.5. The number of carbonyl (C=O) groups is 1. The quantitative estimate of drug-likeness (QED) is 0.802. The molecular weight excluding hydrogens is 244 g/mol. The van der Waals surface area contributed by atoms with Gasteiger partial charge in [0.2, 0.25) is 0 Å². The third-order valence-electron chi connectivity index (χ3n) is 2.30. The Hall–Kier alpha value is -2.63. The van der Waals surface area contributed by atoms with Crippen LogP contribution in [0.1, 0.15) is 16.2 Å². The van der Waals surface area contributed by atoms with Gasteiger partial charge >= 0.3 is 0 Å². The maximum atomic E-state index is 11.6. The second kappa shape index (κ2) is 5.81. The zero-order chi connectivity index (χ0) is 13.7. The average Bonchev–Trinajstić information content (AvgIpc) is 2.82. The molecule has 0 saturated carbocycles. The number of aryl methyl sites for hydroxylation is 1. The van der Waals surface area contributed by atoms with E-state index < -0.39 is 0 Å². The fourth-order valence-electron chi connectivity index (χ4n) is 1.43. The summed E-state index contributed by atoms with van der Waals surface area (Å²) in [6, 6.07) is 5.15. The first-order valence-electron chi connectivity index (χ1n) is 5.74. The Bertz CT molecular complexity index is 575. The maximum absolute atomic E-state index is 11.6. The van der Waals surface area contributed by atoms with Crippen LogP contribution >= 0.6 is 0 Å². The van der Waals surface area contributed by atoms with E-state index in [2.05, 4.69) is 27.4 Å². The van der Waals surface area contributed by atoms with Crippen LogP contribution in [-0.2, 0) is 0 Å². The summed E-state index contributed by atoms with van der Waals surface area (Å²) in [5, 5.41) is 9.48. The van der Waals surface area contributed by atoms with Crippen LogP contribution in [0.25, 0.3) is 0 Å². The average molecular weight is 258 g/mol. The van der Waals surface area contributed by atoms with Gasteiger partial charge in [0.1, 0.15) is 11.5 Å². The van der Waals surface area contributed by atoms with E-state index >= 15 is 0 Å². The minimum atomic E-state index is -0.233. The zero-order valence-corrected chi connectivity index (χ0v) is 10.5. The fraction of sp³-hybridized carbons (Fsp3) is 0.154. The molecule has 0 spiro atoms. The van der Waals surface area contributed by atoms with Crippen molar-refractivity contribution in [3.8, 4) is 0 Å². The molecule has 6 nitrogen and oxygen atoms in total. The van der Waals surface area contributed by atoms with Crippen molar-refractivity contribution >= 4 is 17.4 Å². The summed E-state index contributed by atoms with van der Waals surface area (Å²) in [5.41, 5.74) is 1.08. The van der Waals surface area contributed by atoms with Crippen LogP contribution in [0.3, 0.4) is 0 Å². The van der Waals surface area contributed by atoms with Crippen LogP contribution in [0.4, 0.5) is 11.5 Å². The largest absolute Gasteiger partial charge is 0.360 e. The van der Waals surface area contributed by atoms with E-state index in [1.165, 1.54) is 0 Å². The minimum Gasteiger partial charge on any atom is -0.360 e. The van der Waals surface area contributed by atoms with Crippen LogP contribution in [0, 0.1) is 6.92 Å². The van der Waals surface area contributed by atoms with E-state index in [-0.39, 0.29) is 5.91 Å². The fourth-order valence-corrected chi connectivity index (χ4v) is 1.43. The molecule has 6 heteroatoms. The second-order valence-corrected chi connectivity index (χ2v) is 3.88. The zero-order valence-electron chi connectivity index (χ0n) is 10.5. The van der Waals surface area contributed by atoms with E-state index in [4.69, 9.17) is 4.52 Å². The first kappa shape index (κ1) is 12.8. The van der Waals surface area contributed by atoms with Crippen LogP contribution < -0.4 is 10.6 Å². The standard InChI is InChI=1S/C13H14N4O2/c1-3-6-14-13(18)11-5-4-10(8-15-11)16-12-7-9(2)19-17-12/h3-5,7-8H,1,6H2,2H3,(H,14,18)(H,16,17). The van der Waals surface area contributed by atoms with E-state index in [1.807, 2.05) is 6.92 Å². The van der Waals surface area contributed by atoms with Crippen molar-refractivity contribution in [1.82, 2.24) is 15.5 Å². The molecule has 0 aromatic carbocycles. The van der Waals surface area contributed by atoms with Crippen molar-refractivity contribution in [3.05, 3.63) is 48.5 Å². The van der Waals surface area contributed by atoms with Crippen molar-refractivity contribution in [1.29, 1.82) is 0 Å². The number of rotatable bonds is 5. The van der Waals surface area contributed by atoms with Gasteiger partial charge in [-0.1, -0.05) is 11.2 Å². The van der Waals surface area contributed by atoms with Crippen LogP contribution in [0.5, 0.6) is 0 Å². The molecule has 0 unspecified atom stereocenters. The van der Waals surface area contributed by atoms with Gasteiger partial charge in [-0.2, -0.15) is 0 Å². The van der Waals surface area contributed by atoms with Crippen LogP contribution in [0.15, 0.2) is 41.6 Å². The van der Waals surface area contributed by atoms with Gasteiger partial charge in [-0.25, -0.2) is 4.98 Å². The predicted octanol–water partition coefficient (Wildman–Crippen LogP) is 2.04. The number of nitrogens with one attached hydrogen (secondary N) is 2. The molecule has 0 bridgehead atoms. The number of pyridine rings is 1. The molecule has 98 valence electrons. The highest BCUT2D eigenvalue weighted by molar-refractivity contribution is 5.92. The summed E-state index contributed by atoms with van der Waals surface area (Å²) in [6.07, 6.45) is 3.17. The van der Waals surface area contributed by atoms with E-state index in [1.54, 1.807) is 30.5 Å². The number of nitrogens with zero attached hydrogens (tertiary/aromatic N) is 2. The Kier molecular flexibility index (Phi) is 3.92. The summed E-state index contributed by atoms with van der Waals surface area (Å²) in [6.45, 7) is 5.75. The van der Waals surface area contributed by atoms with Crippen molar-refractivity contribution in [3.63, 3.8) is 0 Å². The molecule has 0 saturated heterocycles. The third kappa shape index (κ3) is 3.41. The number of anilines is 2. The van der Waals surface area contributed by atoms with Crippen molar-refractivity contribution in [2.75, 3.05) is 11.9 Å². The van der Waals surface area contributed by atoms with E-state index in [9.17, 15) is 4.79 Å². The number of amides is 1. The summed E-state index contributed by atoms with van der Waals surface area (Å²) in [4.78, 5) is 15.7. The molecule has 19 heavy (non-hydrogen) atoms. The van der Waals surface area contributed by atoms with E-state index in [0.717, 1.165) is 11.4 Å². The lowest BCUT2D eigenvalue weighted by molar-refractivity contribution is 0.0953. The molecule has 2 aromatic rings. The predicted molar refractivity (Wildman–Crippen MR) is 71.3 cm³/mol. The molecular formula is C13H14N4O2. The van der Waals surface area contributed by atoms with E-state index in [0.29, 0.717) is 18.1 Å². The Morgan fingerprint density at radius 1 is 1.53 bits per heavy atom. The Balaban J connectivity index is 2.01. The van der Waals surface area contributed by atoms with Gasteiger partial charge in [0.25, 0.3) is 5.91 Å². The SMILES string of the molecule is C=CCNC(=O)c1ccc(Nc2cc(C)on2)cn1. The molecule has 2 heterocycles. The van der Waals surface area contributed by atoms with Gasteiger partial charge in [0.05, 0.1) is 11.9 Å². The molecule has 0 aliphatic rings. The lowest BCUT2D eigenvalue weighted by atomic mass is 10.3. The molecule has 0 fully saturated rings. The summed E-state index contributed by atoms with van der Waals surface area (Å²) in [7, 11) is 0. The lowest BCUT2D eigenvalue weighted by Crippen LogP contribution is -2.24. The normalized spacial score (nSPS) is 9.95. The topological polar surface area (TPSA) is 80.0 Å². The highest BCUT2D eigenvalue weighted by Gasteiger charge is 2.06. The van der Waals surface area contributed by atoms with Gasteiger partial charge < -0.3 is 15.2 Å². The molecule has 2 rings (SSSR count). The Labute approximate surface area is 110 Å². The van der Waals surface area contributed by atoms with Crippen molar-refractivity contribution in [2.24, 2.45) is 0 Å². The van der Waals surface area contributed by atoms with Crippen molar-refractivity contribution in [2.45, 2.75) is 6.92 Å². The number of aromatic nitrogens is 2. The minimum absolute atomic E-state index is 0.233. The molecule has 2 N–H and O–H groups in total. The lowest BCUT2D eigenvalue weighted by Gasteiger charge is -2.04. The second-order valence-electron chi connectivity index (χ2n) is 3.88. The van der Waals surface area contributed by atoms with Gasteiger partial charge in [-0.15, -0.1) is 6.58 Å². The molecule has 1 amide bonds. The maximum Gasteiger partial charge on any atom is 0.270 e. The van der Waals surface area contributed by atoms with Gasteiger partial charge in [0, 0.05) is 12.6 Å². The van der Waals surface area contributed by atoms with Gasteiger partial charge in [-0.3, -0.25) is 4.79 Å². The molecule has 0 atom stereocenters. The molecule has 0 aliphatic heterocycles. The third-order valence-corrected chi connectivity index (χ3v) is 2.30. The number of hydrogen-bond acceptors (Lipinski definition) is 5. The first-order chi connectivity index (χ1) is 9.19. The summed E-state index contributed by atoms with van der Waals surface area (Å²) >= 11 is 0. The summed E-state index contributed by atoms with van der Waals surface area (Å²) < 4.78 is 4.94. The first-order valence-corrected chi connectivity index (χ1v) is 5.74. The molecule has 0 aliphatic carbocycles. The summed E-state index contributed by atoms with van der Waals surface area (Å²) in [5.74, 6) is 1.09. The monoisotopic (exact) mass is 258 g/mol. The Morgan fingerprint density at radius 3 is 2.95 bits per heavy atom. The molecule has 0 radical (unpaired) electrons. The highest BCUT2D eigenvalue weighted by Crippen LogP contribution is 2.15. The number of hydrogen-bond donors (Lipinski definition) is 2. The smallest absolute Gasteiger partial charge is 0.270 e. The van der Waals surface area contributed by atoms with Gasteiger partial charge in [0.15, 0.2) is 5.82 Å². The molecule has 2 aromatic heterocycles. The van der Waals surface area contributed by atoms with Crippen molar-refractivity contribution < 1.29 is 9.32 Å².